The molecule has 1 aliphatic heterocycles. The van der Waals surface area contributed by atoms with Gasteiger partial charge in [0, 0.05) is 33.4 Å². The zero-order valence-corrected chi connectivity index (χ0v) is 21.4. The van der Waals surface area contributed by atoms with E-state index < -0.39 is 0 Å². The Morgan fingerprint density at radius 3 is 1.92 bits per heavy atom. The molecule has 8 rings (SSSR count). The van der Waals surface area contributed by atoms with Gasteiger partial charge in [0.25, 0.3) is 0 Å². The molecule has 0 aliphatic carbocycles. The van der Waals surface area contributed by atoms with Gasteiger partial charge in [0.05, 0.1) is 11.0 Å². The van der Waals surface area contributed by atoms with Crippen LogP contribution in [0.1, 0.15) is 0 Å². The number of hydrogen-bond acceptors (Lipinski definition) is 1. The molecule has 0 saturated carbocycles. The molecule has 0 spiro atoms. The van der Waals surface area contributed by atoms with Crippen LogP contribution < -0.4 is 15.7 Å². The van der Waals surface area contributed by atoms with Crippen molar-refractivity contribution in [1.82, 2.24) is 4.57 Å². The zero-order chi connectivity index (χ0) is 25.8. The van der Waals surface area contributed by atoms with Gasteiger partial charge < -0.3 is 9.38 Å². The molecule has 0 radical (unpaired) electrons. The Morgan fingerprint density at radius 2 is 1.08 bits per heavy atom. The van der Waals surface area contributed by atoms with E-state index in [9.17, 15) is 0 Å². The lowest BCUT2D eigenvalue weighted by Gasteiger charge is -2.39. The average molecular weight is 496 g/mol. The van der Waals surface area contributed by atoms with E-state index in [1.54, 1.807) is 0 Å². The summed E-state index contributed by atoms with van der Waals surface area (Å²) in [6.45, 7) is 0.0669. The van der Waals surface area contributed by atoms with E-state index in [4.69, 9.17) is 0 Å². The van der Waals surface area contributed by atoms with Crippen molar-refractivity contribution in [3.8, 4) is 16.8 Å². The minimum absolute atomic E-state index is 0.0669. The number of rotatable bonds is 3. The first kappa shape index (κ1) is 22.0. The van der Waals surface area contributed by atoms with E-state index >= 15 is 0 Å². The first-order valence-corrected chi connectivity index (χ1v) is 13.5. The van der Waals surface area contributed by atoms with Gasteiger partial charge in [-0.05, 0) is 53.5 Å². The first-order chi connectivity index (χ1) is 19.4. The molecule has 2 nitrogen and oxygen atoms in total. The molecule has 3 heteroatoms. The quantitative estimate of drug-likeness (QED) is 0.228. The third-order valence-corrected chi connectivity index (χ3v) is 8.03. The average Bonchev–Trinajstić information content (AvgIpc) is 3.35. The summed E-state index contributed by atoms with van der Waals surface area (Å²) in [4.78, 5) is 2.53. The van der Waals surface area contributed by atoms with Crippen molar-refractivity contribution in [3.63, 3.8) is 0 Å². The minimum Gasteiger partial charge on any atom is -0.376 e. The molecule has 0 amide bonds. The van der Waals surface area contributed by atoms with Gasteiger partial charge >= 0.3 is 6.85 Å². The van der Waals surface area contributed by atoms with Crippen LogP contribution in [0.5, 0.6) is 0 Å². The van der Waals surface area contributed by atoms with Crippen LogP contribution in [0, 0.1) is 0 Å². The van der Waals surface area contributed by atoms with Crippen molar-refractivity contribution in [2.24, 2.45) is 0 Å². The summed E-state index contributed by atoms with van der Waals surface area (Å²) in [5, 5.41) is 2.52. The Kier molecular flexibility index (Phi) is 4.96. The standard InChI is InChI=1S/C36H25BN2/c1-3-13-26(14-4-1)37-33-20-10-7-17-29(33)30-18-9-12-22-36(30)39(37)28-23-24-35-32(25-28)31-19-8-11-21-34(31)38(35)27-15-5-2-6-16-27/h1-25H. The van der Waals surface area contributed by atoms with Crippen molar-refractivity contribution < 1.29 is 0 Å². The summed E-state index contributed by atoms with van der Waals surface area (Å²) in [5.41, 5.74) is 11.2. The largest absolute Gasteiger partial charge is 0.376 e. The van der Waals surface area contributed by atoms with Gasteiger partial charge in [0.2, 0.25) is 0 Å². The lowest BCUT2D eigenvalue weighted by Crippen LogP contribution is -2.57. The normalized spacial score (nSPS) is 12.5. The maximum absolute atomic E-state index is 2.53. The van der Waals surface area contributed by atoms with Gasteiger partial charge in [0.1, 0.15) is 0 Å². The van der Waals surface area contributed by atoms with Crippen LogP contribution in [0.15, 0.2) is 152 Å². The fraction of sp³-hybridized carbons (Fsp3) is 0. The summed E-state index contributed by atoms with van der Waals surface area (Å²) < 4.78 is 2.38. The van der Waals surface area contributed by atoms with Gasteiger partial charge in [-0.15, -0.1) is 0 Å². The summed E-state index contributed by atoms with van der Waals surface area (Å²) in [5.74, 6) is 0. The number of aromatic nitrogens is 1. The maximum atomic E-state index is 2.53. The second kappa shape index (κ2) is 8.78. The highest BCUT2D eigenvalue weighted by Gasteiger charge is 2.36. The summed E-state index contributed by atoms with van der Waals surface area (Å²) in [6.07, 6.45) is 0. The van der Waals surface area contributed by atoms with E-state index in [-0.39, 0.29) is 6.85 Å². The molecule has 1 aromatic heterocycles. The molecular weight excluding hydrogens is 471 g/mol. The van der Waals surface area contributed by atoms with Gasteiger partial charge in [-0.2, -0.15) is 0 Å². The fourth-order valence-electron chi connectivity index (χ4n) is 6.39. The monoisotopic (exact) mass is 496 g/mol. The van der Waals surface area contributed by atoms with Gasteiger partial charge in [-0.25, -0.2) is 0 Å². The number of hydrogen-bond donors (Lipinski definition) is 0. The molecule has 0 N–H and O–H groups in total. The second-order valence-electron chi connectivity index (χ2n) is 10.2. The predicted molar refractivity (Wildman–Crippen MR) is 166 cm³/mol. The third kappa shape index (κ3) is 3.37. The highest BCUT2D eigenvalue weighted by atomic mass is 15.1. The molecule has 1 aliphatic rings. The highest BCUT2D eigenvalue weighted by Crippen LogP contribution is 2.41. The summed E-state index contributed by atoms with van der Waals surface area (Å²) in [6, 6.07) is 54.9. The predicted octanol–water partition coefficient (Wildman–Crippen LogP) is 7.71. The minimum atomic E-state index is 0.0669. The number of nitrogens with zero attached hydrogens (tertiary/aromatic N) is 2. The van der Waals surface area contributed by atoms with Crippen LogP contribution in [0.3, 0.4) is 0 Å². The fourth-order valence-corrected chi connectivity index (χ4v) is 6.39. The van der Waals surface area contributed by atoms with E-state index in [1.165, 1.54) is 60.9 Å². The smallest absolute Gasteiger partial charge is 0.328 e. The van der Waals surface area contributed by atoms with E-state index in [0.717, 1.165) is 0 Å². The summed E-state index contributed by atoms with van der Waals surface area (Å²) >= 11 is 0. The SMILES string of the molecule is c1ccc(B2c3ccccc3-c3ccccc3N2c2ccc3c(c2)c2ccccc2n3-c2ccccc2)cc1. The van der Waals surface area contributed by atoms with Gasteiger partial charge in [-0.1, -0.05) is 115 Å². The topological polar surface area (TPSA) is 8.17 Å². The second-order valence-corrected chi connectivity index (χ2v) is 10.2. The Balaban J connectivity index is 1.42. The molecule has 182 valence electrons. The van der Waals surface area contributed by atoms with E-state index in [0.29, 0.717) is 0 Å². The lowest BCUT2D eigenvalue weighted by atomic mass is 9.46. The molecule has 2 heterocycles. The molecule has 7 aromatic rings. The lowest BCUT2D eigenvalue weighted by molar-refractivity contribution is 1.18. The zero-order valence-electron chi connectivity index (χ0n) is 21.4. The van der Waals surface area contributed by atoms with Crippen LogP contribution in [0.25, 0.3) is 38.6 Å². The van der Waals surface area contributed by atoms with Crippen molar-refractivity contribution in [2.75, 3.05) is 4.81 Å². The molecule has 0 bridgehead atoms. The third-order valence-electron chi connectivity index (χ3n) is 8.03. The van der Waals surface area contributed by atoms with Crippen LogP contribution in [-0.4, -0.2) is 11.4 Å². The van der Waals surface area contributed by atoms with Crippen LogP contribution in [-0.2, 0) is 0 Å². The van der Waals surface area contributed by atoms with Gasteiger partial charge in [0.15, 0.2) is 0 Å². The molecule has 0 fully saturated rings. The Hall–Kier alpha value is -5.02. The van der Waals surface area contributed by atoms with Crippen LogP contribution >= 0.6 is 0 Å². The van der Waals surface area contributed by atoms with Crippen LogP contribution in [0.2, 0.25) is 0 Å². The van der Waals surface area contributed by atoms with Crippen LogP contribution in [0.4, 0.5) is 11.4 Å². The van der Waals surface area contributed by atoms with E-state index in [2.05, 4.69) is 161 Å². The molecule has 0 atom stereocenters. The number of para-hydroxylation sites is 3. The molecular formula is C36H25BN2. The van der Waals surface area contributed by atoms with Crippen molar-refractivity contribution in [3.05, 3.63) is 152 Å². The highest BCUT2D eigenvalue weighted by molar-refractivity contribution is 6.90. The maximum Gasteiger partial charge on any atom is 0.328 e. The Labute approximate surface area is 228 Å². The molecule has 0 saturated heterocycles. The Morgan fingerprint density at radius 1 is 0.436 bits per heavy atom. The Bertz CT molecular complexity index is 1970. The van der Waals surface area contributed by atoms with Crippen molar-refractivity contribution in [2.45, 2.75) is 0 Å². The number of anilines is 2. The number of fused-ring (bicyclic) bond motifs is 6. The number of benzene rings is 6. The molecule has 39 heavy (non-hydrogen) atoms. The summed E-state index contributed by atoms with van der Waals surface area (Å²) in [7, 11) is 0. The van der Waals surface area contributed by atoms with E-state index in [1.807, 2.05) is 0 Å². The van der Waals surface area contributed by atoms with Crippen molar-refractivity contribution >= 4 is 51.0 Å². The molecule has 0 unspecified atom stereocenters. The molecule has 6 aromatic carbocycles. The van der Waals surface area contributed by atoms with Gasteiger partial charge in [-0.3, -0.25) is 0 Å². The first-order valence-electron chi connectivity index (χ1n) is 13.5. The van der Waals surface area contributed by atoms with Crippen molar-refractivity contribution in [1.29, 1.82) is 0 Å².